The quantitative estimate of drug-likeness (QED) is 0.0536. The standard InChI is InChI=1S/C41H43NO13S/c1-6-22-51-39-36(50-23-14-13-21-42(40(43)52-30-15-9-7-10-16-30)55-41(44)53-31-17-11-8-12-18-31)26-29(27-37(39)56(5,45)46)33-20-19-32(54-33)28-24-34(47-2)38(49-4)35(25-28)48-3/h7-12,15-18,24-27,32-33H,6,19-23H2,1-5H3/t32-,33-/m1/s1. The number of carbonyl (C=O) groups excluding carboxylic acids is 2. The maximum absolute atomic E-state index is 13.1. The summed E-state index contributed by atoms with van der Waals surface area (Å²) in [4.78, 5) is 30.7. The molecule has 0 spiro atoms. The summed E-state index contributed by atoms with van der Waals surface area (Å²) >= 11 is 0. The topological polar surface area (TPSA) is 155 Å². The number of para-hydroxylation sites is 2. The fourth-order valence-electron chi connectivity index (χ4n) is 5.69. The van der Waals surface area contributed by atoms with Gasteiger partial charge in [-0.15, -0.1) is 5.06 Å². The average molecular weight is 790 g/mol. The Hall–Kier alpha value is -6.11. The van der Waals surface area contributed by atoms with Gasteiger partial charge in [0.25, 0.3) is 0 Å². The van der Waals surface area contributed by atoms with Crippen LogP contribution in [0, 0.1) is 11.8 Å². The van der Waals surface area contributed by atoms with Crippen molar-refractivity contribution in [2.24, 2.45) is 0 Å². The molecule has 5 rings (SSSR count). The van der Waals surface area contributed by atoms with Gasteiger partial charge >= 0.3 is 12.2 Å². The van der Waals surface area contributed by atoms with E-state index in [-0.39, 0.29) is 47.2 Å². The molecule has 0 aliphatic carbocycles. The summed E-state index contributed by atoms with van der Waals surface area (Å²) in [6, 6.07) is 23.2. The van der Waals surface area contributed by atoms with Crippen LogP contribution in [0.4, 0.5) is 9.59 Å². The lowest BCUT2D eigenvalue weighted by Gasteiger charge is -2.20. The molecule has 14 nitrogen and oxygen atoms in total. The van der Waals surface area contributed by atoms with Crippen LogP contribution in [0.2, 0.25) is 0 Å². The molecule has 1 fully saturated rings. The number of hydrogen-bond acceptors (Lipinski definition) is 13. The van der Waals surface area contributed by atoms with Gasteiger partial charge in [0.1, 0.15) is 29.5 Å². The van der Waals surface area contributed by atoms with Crippen molar-refractivity contribution in [2.75, 3.05) is 47.3 Å². The predicted molar refractivity (Wildman–Crippen MR) is 203 cm³/mol. The first-order valence-corrected chi connectivity index (χ1v) is 19.5. The number of carbonyl (C=O) groups is 2. The van der Waals surface area contributed by atoms with E-state index in [0.717, 1.165) is 11.8 Å². The van der Waals surface area contributed by atoms with Crippen LogP contribution in [0.5, 0.6) is 40.2 Å². The maximum atomic E-state index is 13.1. The van der Waals surface area contributed by atoms with Crippen molar-refractivity contribution in [3.63, 3.8) is 0 Å². The molecule has 2 atom stereocenters. The Kier molecular flexibility index (Phi) is 14.3. The molecule has 0 bridgehead atoms. The highest BCUT2D eigenvalue weighted by Gasteiger charge is 2.32. The summed E-state index contributed by atoms with van der Waals surface area (Å²) < 4.78 is 71.7. The summed E-state index contributed by atoms with van der Waals surface area (Å²) in [6.07, 6.45) is -0.182. The summed E-state index contributed by atoms with van der Waals surface area (Å²) in [6.45, 7) is 1.43. The molecule has 1 aliphatic rings. The minimum atomic E-state index is -3.81. The third-order valence-corrected chi connectivity index (χ3v) is 9.37. The molecule has 0 radical (unpaired) electrons. The number of rotatable bonds is 14. The Morgan fingerprint density at radius 1 is 0.750 bits per heavy atom. The van der Waals surface area contributed by atoms with E-state index >= 15 is 0 Å². The van der Waals surface area contributed by atoms with Crippen molar-refractivity contribution >= 4 is 22.1 Å². The van der Waals surface area contributed by atoms with Gasteiger partial charge in [-0.05, 0) is 78.9 Å². The lowest BCUT2D eigenvalue weighted by molar-refractivity contribution is -0.0807. The highest BCUT2D eigenvalue weighted by atomic mass is 32.2. The molecule has 0 saturated carbocycles. The summed E-state index contributed by atoms with van der Waals surface area (Å²) in [5.74, 6) is 7.50. The van der Waals surface area contributed by atoms with Gasteiger partial charge in [-0.25, -0.2) is 18.0 Å². The molecule has 1 aliphatic heterocycles. The van der Waals surface area contributed by atoms with Crippen LogP contribution in [0.15, 0.2) is 89.8 Å². The second-order valence-corrected chi connectivity index (χ2v) is 14.2. The van der Waals surface area contributed by atoms with E-state index in [9.17, 15) is 18.0 Å². The zero-order chi connectivity index (χ0) is 40.1. The Morgan fingerprint density at radius 2 is 1.32 bits per heavy atom. The smallest absolute Gasteiger partial charge is 0.493 e. The van der Waals surface area contributed by atoms with Gasteiger partial charge in [0.05, 0.1) is 40.1 Å². The number of nitrogens with zero attached hydrogens (tertiary/aromatic N) is 1. The molecule has 1 amide bonds. The second-order valence-electron chi connectivity index (χ2n) is 12.2. The van der Waals surface area contributed by atoms with E-state index in [0.29, 0.717) is 47.1 Å². The lowest BCUT2D eigenvalue weighted by Crippen LogP contribution is -2.37. The Morgan fingerprint density at radius 3 is 1.88 bits per heavy atom. The van der Waals surface area contributed by atoms with E-state index in [2.05, 4.69) is 11.8 Å². The fourth-order valence-corrected chi connectivity index (χ4v) is 6.53. The van der Waals surface area contributed by atoms with Crippen molar-refractivity contribution in [3.8, 4) is 52.1 Å². The lowest BCUT2D eigenvalue weighted by atomic mass is 10.0. The van der Waals surface area contributed by atoms with E-state index in [1.807, 2.05) is 19.1 Å². The van der Waals surface area contributed by atoms with Crippen LogP contribution >= 0.6 is 0 Å². The number of benzene rings is 4. The normalized spacial score (nSPS) is 14.7. The first-order chi connectivity index (χ1) is 27.0. The van der Waals surface area contributed by atoms with Crippen molar-refractivity contribution in [3.05, 3.63) is 96.1 Å². The highest BCUT2D eigenvalue weighted by molar-refractivity contribution is 7.90. The number of hydrogen-bond donors (Lipinski definition) is 0. The van der Waals surface area contributed by atoms with Crippen molar-refractivity contribution in [1.29, 1.82) is 0 Å². The largest absolute Gasteiger partial charge is 0.539 e. The molecule has 1 saturated heterocycles. The zero-order valence-corrected chi connectivity index (χ0v) is 32.5. The molecule has 15 heteroatoms. The van der Waals surface area contributed by atoms with Crippen LogP contribution in [0.1, 0.15) is 49.5 Å². The number of ether oxygens (including phenoxy) is 8. The van der Waals surface area contributed by atoms with Gasteiger partial charge in [-0.2, -0.15) is 0 Å². The first kappa shape index (κ1) is 41.1. The predicted octanol–water partition coefficient (Wildman–Crippen LogP) is 7.51. The number of amides is 1. The average Bonchev–Trinajstić information content (AvgIpc) is 3.70. The van der Waals surface area contributed by atoms with Gasteiger partial charge in [-0.1, -0.05) is 55.2 Å². The second kappa shape index (κ2) is 19.5. The molecule has 4 aromatic rings. The summed E-state index contributed by atoms with van der Waals surface area (Å²) in [5.41, 5.74) is 1.37. The number of hydroxylamine groups is 2. The molecular formula is C41H43NO13S. The van der Waals surface area contributed by atoms with Crippen LogP contribution in [0.3, 0.4) is 0 Å². The molecule has 1 heterocycles. The molecule has 0 unspecified atom stereocenters. The molecule has 4 aromatic carbocycles. The highest BCUT2D eigenvalue weighted by Crippen LogP contribution is 2.48. The van der Waals surface area contributed by atoms with Crippen molar-refractivity contribution in [2.45, 2.75) is 43.3 Å². The first-order valence-electron chi connectivity index (χ1n) is 17.6. The van der Waals surface area contributed by atoms with Crippen molar-refractivity contribution < 1.29 is 60.7 Å². The van der Waals surface area contributed by atoms with Crippen LogP contribution < -0.4 is 33.2 Å². The number of methoxy groups -OCH3 is 3. The molecule has 296 valence electrons. The van der Waals surface area contributed by atoms with Gasteiger partial charge < -0.3 is 37.9 Å². The zero-order valence-electron chi connectivity index (χ0n) is 31.6. The number of sulfone groups is 1. The third kappa shape index (κ3) is 10.8. The monoisotopic (exact) mass is 789 g/mol. The van der Waals surface area contributed by atoms with Crippen LogP contribution in [-0.2, 0) is 19.4 Å². The van der Waals surface area contributed by atoms with E-state index in [1.165, 1.54) is 21.3 Å². The summed E-state index contributed by atoms with van der Waals surface area (Å²) in [5, 5.41) is 0.602. The molecular weight excluding hydrogens is 747 g/mol. The van der Waals surface area contributed by atoms with Crippen molar-refractivity contribution in [1.82, 2.24) is 5.06 Å². The third-order valence-electron chi connectivity index (χ3n) is 8.27. The van der Waals surface area contributed by atoms with Gasteiger partial charge in [0, 0.05) is 6.26 Å². The van der Waals surface area contributed by atoms with E-state index in [1.54, 1.807) is 72.8 Å². The van der Waals surface area contributed by atoms with Gasteiger partial charge in [0.2, 0.25) is 5.75 Å². The minimum absolute atomic E-state index is 0.0409. The Bertz CT molecular complexity index is 2110. The summed E-state index contributed by atoms with van der Waals surface area (Å²) in [7, 11) is 0.788. The maximum Gasteiger partial charge on any atom is 0.539 e. The molecule has 0 N–H and O–H groups in total. The molecule has 0 aromatic heterocycles. The Labute approximate surface area is 325 Å². The van der Waals surface area contributed by atoms with Gasteiger partial charge in [-0.3, -0.25) is 4.84 Å². The molecule has 56 heavy (non-hydrogen) atoms. The van der Waals surface area contributed by atoms with Crippen LogP contribution in [-0.4, -0.2) is 73.1 Å². The van der Waals surface area contributed by atoms with E-state index in [4.69, 9.17) is 42.7 Å². The Balaban J connectivity index is 1.36. The van der Waals surface area contributed by atoms with E-state index < -0.39 is 34.7 Å². The SMILES string of the molecule is CCCOc1c(OCC#CCN(OC(=O)Oc2ccccc2)C(=O)Oc2ccccc2)cc([C@H]2CC[C@H](c3cc(OC)c(OC)c(OC)c3)O2)cc1S(C)(=O)=O. The van der Waals surface area contributed by atoms with Gasteiger partial charge in [0.15, 0.2) is 32.8 Å². The minimum Gasteiger partial charge on any atom is -0.493 e. The fraction of sp³-hybridized carbons (Fsp3) is 0.317. The van der Waals surface area contributed by atoms with Crippen LogP contribution in [0.25, 0.3) is 0 Å².